The topological polar surface area (TPSA) is 114 Å². The molecule has 0 radical (unpaired) electrons. The Morgan fingerprint density at radius 2 is 1.82 bits per heavy atom. The lowest BCUT2D eigenvalue weighted by molar-refractivity contribution is -0.141. The number of carboxylic acid groups (broad SMARTS) is 1. The van der Waals surface area contributed by atoms with Crippen LogP contribution in [0.5, 0.6) is 5.75 Å². The number of nitrogens with zero attached hydrogens (tertiary/aromatic N) is 3. The third-order valence-electron chi connectivity index (χ3n) is 5.93. The highest BCUT2D eigenvalue weighted by Crippen LogP contribution is 2.31. The molecule has 1 aliphatic rings. The largest absolute Gasteiger partial charge is 0.489 e. The zero-order chi connectivity index (χ0) is 28.5. The number of hydrogen-bond acceptors (Lipinski definition) is 7. The van der Waals surface area contributed by atoms with E-state index in [9.17, 15) is 32.3 Å². The molecule has 9 nitrogen and oxygen atoms in total. The number of alkyl halides is 3. The summed E-state index contributed by atoms with van der Waals surface area (Å²) in [6.07, 6.45) is -4.07. The molecule has 0 unspecified atom stereocenters. The van der Waals surface area contributed by atoms with Crippen LogP contribution in [-0.4, -0.2) is 45.0 Å². The molecule has 0 bridgehead atoms. The molecule has 1 aliphatic carbocycles. The van der Waals surface area contributed by atoms with Gasteiger partial charge in [-0.3, -0.25) is 0 Å². The minimum atomic E-state index is -4.53. The number of amides is 2. The van der Waals surface area contributed by atoms with Gasteiger partial charge in [-0.15, -0.1) is 0 Å². The molecular formula is C26H26F4N4O5. The van der Waals surface area contributed by atoms with Crippen molar-refractivity contribution in [3.8, 4) is 5.75 Å². The molecule has 39 heavy (non-hydrogen) atoms. The van der Waals surface area contributed by atoms with E-state index in [1.54, 1.807) is 20.8 Å². The standard InChI is InChI=1S/C26H26F4N4O5/c1-25(2,3)39-24(37)34(23(35)36)22-10-18-14(11-33-22)4-6-20(27)19(18)13-31-15-8-17(9-15)38-16-5-7-21(32-12-16)26(28,29)30/h4-7,10-12,15,17,31H,8-9,13H2,1-3H3,(H,35,36)/t15-,17-. The van der Waals surface area contributed by atoms with Gasteiger partial charge in [0.25, 0.3) is 0 Å². The number of anilines is 1. The van der Waals surface area contributed by atoms with Gasteiger partial charge >= 0.3 is 18.4 Å². The van der Waals surface area contributed by atoms with Crippen LogP contribution in [0.25, 0.3) is 10.8 Å². The Morgan fingerprint density at radius 3 is 2.41 bits per heavy atom. The van der Waals surface area contributed by atoms with Gasteiger partial charge in [0.1, 0.15) is 34.8 Å². The predicted octanol–water partition coefficient (Wildman–Crippen LogP) is 5.91. The highest BCUT2D eigenvalue weighted by atomic mass is 19.4. The summed E-state index contributed by atoms with van der Waals surface area (Å²) in [5.74, 6) is -0.549. The third kappa shape index (κ3) is 6.72. The maximum absolute atomic E-state index is 14.9. The number of aromatic nitrogens is 2. The fourth-order valence-corrected chi connectivity index (χ4v) is 4.01. The summed E-state index contributed by atoms with van der Waals surface area (Å²) in [4.78, 5) is 32.1. The Morgan fingerprint density at radius 1 is 1.10 bits per heavy atom. The first-order valence-electron chi connectivity index (χ1n) is 12.0. The van der Waals surface area contributed by atoms with Gasteiger partial charge in [0.2, 0.25) is 0 Å². The van der Waals surface area contributed by atoms with Gasteiger partial charge in [-0.05, 0) is 69.3 Å². The van der Waals surface area contributed by atoms with Gasteiger partial charge in [0.05, 0.1) is 6.20 Å². The summed E-state index contributed by atoms with van der Waals surface area (Å²) in [5.41, 5.74) is -1.70. The molecule has 1 fully saturated rings. The number of nitrogens with one attached hydrogen (secondary N) is 1. The van der Waals surface area contributed by atoms with E-state index in [1.165, 1.54) is 30.5 Å². The highest BCUT2D eigenvalue weighted by Gasteiger charge is 2.34. The summed E-state index contributed by atoms with van der Waals surface area (Å²) >= 11 is 0. The lowest BCUT2D eigenvalue weighted by Gasteiger charge is -2.36. The summed E-state index contributed by atoms with van der Waals surface area (Å²) < 4.78 is 63.7. The van der Waals surface area contributed by atoms with E-state index in [-0.39, 0.29) is 35.8 Å². The molecular weight excluding hydrogens is 524 g/mol. The van der Waals surface area contributed by atoms with Gasteiger partial charge in [-0.25, -0.2) is 23.9 Å². The van der Waals surface area contributed by atoms with E-state index in [2.05, 4.69) is 15.3 Å². The molecule has 13 heteroatoms. The van der Waals surface area contributed by atoms with Crippen molar-refractivity contribution in [2.24, 2.45) is 0 Å². The number of rotatable bonds is 6. The lowest BCUT2D eigenvalue weighted by Crippen LogP contribution is -2.46. The Balaban J connectivity index is 1.43. The van der Waals surface area contributed by atoms with Gasteiger partial charge in [0, 0.05) is 29.7 Å². The summed E-state index contributed by atoms with van der Waals surface area (Å²) in [5, 5.41) is 13.7. The minimum absolute atomic E-state index is 0.0503. The monoisotopic (exact) mass is 550 g/mol. The van der Waals surface area contributed by atoms with Crippen molar-refractivity contribution >= 4 is 28.8 Å². The molecule has 0 saturated heterocycles. The van der Waals surface area contributed by atoms with Crippen LogP contribution < -0.4 is 15.0 Å². The number of benzene rings is 1. The number of ether oxygens (including phenoxy) is 2. The van der Waals surface area contributed by atoms with Crippen LogP contribution in [0.4, 0.5) is 33.0 Å². The maximum atomic E-state index is 14.9. The summed E-state index contributed by atoms with van der Waals surface area (Å²) in [6, 6.07) is 6.10. The van der Waals surface area contributed by atoms with Crippen LogP contribution in [0.15, 0.2) is 42.7 Å². The first-order chi connectivity index (χ1) is 18.2. The Kier molecular flexibility index (Phi) is 7.64. The number of carbonyl (C=O) groups is 2. The molecule has 2 N–H and O–H groups in total. The van der Waals surface area contributed by atoms with E-state index >= 15 is 0 Å². The molecule has 3 aromatic rings. The number of imide groups is 1. The average Bonchev–Trinajstić information content (AvgIpc) is 2.79. The van der Waals surface area contributed by atoms with Crippen molar-refractivity contribution in [1.82, 2.24) is 15.3 Å². The number of pyridine rings is 2. The third-order valence-corrected chi connectivity index (χ3v) is 5.93. The predicted molar refractivity (Wildman–Crippen MR) is 132 cm³/mol. The number of carbonyl (C=O) groups excluding carboxylic acids is 1. The van der Waals surface area contributed by atoms with Crippen molar-refractivity contribution in [3.63, 3.8) is 0 Å². The van der Waals surface area contributed by atoms with E-state index in [1.807, 2.05) is 0 Å². The van der Waals surface area contributed by atoms with E-state index in [0.29, 0.717) is 28.5 Å². The van der Waals surface area contributed by atoms with E-state index < -0.39 is 35.5 Å². The smallest absolute Gasteiger partial charge is 0.433 e. The van der Waals surface area contributed by atoms with Crippen molar-refractivity contribution in [2.45, 2.75) is 64.1 Å². The van der Waals surface area contributed by atoms with Gasteiger partial charge in [0.15, 0.2) is 0 Å². The second kappa shape index (κ2) is 10.6. The zero-order valence-corrected chi connectivity index (χ0v) is 21.3. The number of fused-ring (bicyclic) bond motifs is 1. The van der Waals surface area contributed by atoms with Gasteiger partial charge in [-0.1, -0.05) is 0 Å². The summed E-state index contributed by atoms with van der Waals surface area (Å²) in [6.45, 7) is 4.86. The molecule has 0 aliphatic heterocycles. The molecule has 208 valence electrons. The summed E-state index contributed by atoms with van der Waals surface area (Å²) in [7, 11) is 0. The molecule has 4 rings (SSSR count). The van der Waals surface area contributed by atoms with E-state index in [0.717, 1.165) is 12.3 Å². The van der Waals surface area contributed by atoms with Crippen LogP contribution >= 0.6 is 0 Å². The van der Waals surface area contributed by atoms with Gasteiger partial charge in [-0.2, -0.15) is 18.1 Å². The van der Waals surface area contributed by atoms with Crippen molar-refractivity contribution in [3.05, 3.63) is 59.8 Å². The zero-order valence-electron chi connectivity index (χ0n) is 21.3. The van der Waals surface area contributed by atoms with Crippen LogP contribution in [0.3, 0.4) is 0 Å². The Bertz CT molecular complexity index is 1370. The molecule has 1 aromatic carbocycles. The molecule has 1 saturated carbocycles. The molecule has 2 aromatic heterocycles. The molecule has 2 heterocycles. The molecule has 0 atom stereocenters. The highest BCUT2D eigenvalue weighted by molar-refractivity contribution is 6.08. The van der Waals surface area contributed by atoms with E-state index in [4.69, 9.17) is 9.47 Å². The SMILES string of the molecule is CC(C)(C)OC(=O)N(C(=O)O)c1cc2c(CN[C@H]3C[C@H](Oc4ccc(C(F)(F)F)nc4)C3)c(F)ccc2cn1. The number of halogens is 4. The van der Waals surface area contributed by atoms with Crippen LogP contribution in [-0.2, 0) is 17.5 Å². The second-order valence-corrected chi connectivity index (χ2v) is 10.1. The maximum Gasteiger partial charge on any atom is 0.433 e. The lowest BCUT2D eigenvalue weighted by atomic mass is 9.89. The molecule has 2 amide bonds. The fraction of sp³-hybridized carbons (Fsp3) is 0.385. The first-order valence-corrected chi connectivity index (χ1v) is 12.0. The number of hydrogen-bond donors (Lipinski definition) is 2. The van der Waals surface area contributed by atoms with Crippen molar-refractivity contribution < 1.29 is 41.7 Å². The van der Waals surface area contributed by atoms with Crippen molar-refractivity contribution in [2.75, 3.05) is 4.90 Å². The second-order valence-electron chi connectivity index (χ2n) is 10.1. The average molecular weight is 551 g/mol. The first kappa shape index (κ1) is 28.0. The fourth-order valence-electron chi connectivity index (χ4n) is 4.01. The molecule has 0 spiro atoms. The minimum Gasteiger partial charge on any atom is -0.489 e. The van der Waals surface area contributed by atoms with Crippen LogP contribution in [0, 0.1) is 5.82 Å². The van der Waals surface area contributed by atoms with Gasteiger partial charge < -0.3 is 19.9 Å². The normalized spacial score (nSPS) is 17.4. The van der Waals surface area contributed by atoms with Crippen LogP contribution in [0.1, 0.15) is 44.9 Å². The van der Waals surface area contributed by atoms with Crippen molar-refractivity contribution in [1.29, 1.82) is 0 Å². The quantitative estimate of drug-likeness (QED) is 0.365. The Labute approximate surface area is 220 Å². The van der Waals surface area contributed by atoms with Crippen LogP contribution in [0.2, 0.25) is 0 Å². The Hall–Kier alpha value is -4.00.